The van der Waals surface area contributed by atoms with Crippen LogP contribution in [-0.2, 0) is 36.1 Å². The van der Waals surface area contributed by atoms with Crippen LogP contribution in [0.2, 0.25) is 5.02 Å². The quantitative estimate of drug-likeness (QED) is 0.585. The van der Waals surface area contributed by atoms with Crippen LogP contribution in [0.3, 0.4) is 0 Å². The van der Waals surface area contributed by atoms with Gasteiger partial charge < -0.3 is 10.1 Å². The van der Waals surface area contributed by atoms with Crippen LogP contribution in [0, 0.1) is 0 Å². The summed E-state index contributed by atoms with van der Waals surface area (Å²) < 4.78 is 57.6. The summed E-state index contributed by atoms with van der Waals surface area (Å²) in [6.45, 7) is 0.840. The highest BCUT2D eigenvalue weighted by Crippen LogP contribution is 2.23. The highest BCUT2D eigenvalue weighted by Gasteiger charge is 2.27. The van der Waals surface area contributed by atoms with Gasteiger partial charge in [0.1, 0.15) is 6.54 Å². The molecule has 1 aliphatic rings. The van der Waals surface area contributed by atoms with E-state index >= 15 is 0 Å². The van der Waals surface area contributed by atoms with Gasteiger partial charge in [-0.1, -0.05) is 29.8 Å². The molecule has 12 heteroatoms. The predicted molar refractivity (Wildman–Crippen MR) is 122 cm³/mol. The van der Waals surface area contributed by atoms with E-state index in [0.29, 0.717) is 23.8 Å². The number of nitrogens with zero attached hydrogens (tertiary/aromatic N) is 2. The highest BCUT2D eigenvalue weighted by atomic mass is 35.5. The Morgan fingerprint density at radius 3 is 2.28 bits per heavy atom. The van der Waals surface area contributed by atoms with E-state index in [1.165, 1.54) is 28.6 Å². The number of hydrogen-bond donors (Lipinski definition) is 1. The maximum atomic E-state index is 12.8. The smallest absolute Gasteiger partial charge is 0.243 e. The molecule has 0 aliphatic carbocycles. The number of amides is 1. The van der Waals surface area contributed by atoms with Crippen LogP contribution in [-0.4, -0.2) is 66.2 Å². The Hall–Kier alpha value is -2.18. The molecule has 0 spiro atoms. The first-order valence-corrected chi connectivity index (χ1v) is 13.4. The van der Waals surface area contributed by atoms with E-state index in [1.807, 2.05) is 0 Å². The Labute approximate surface area is 193 Å². The molecule has 0 atom stereocenters. The van der Waals surface area contributed by atoms with Gasteiger partial charge in [-0.05, 0) is 35.9 Å². The second kappa shape index (κ2) is 10.2. The average molecular weight is 502 g/mol. The van der Waals surface area contributed by atoms with E-state index in [0.717, 1.165) is 10.6 Å². The molecule has 9 nitrogen and oxygen atoms in total. The molecule has 0 bridgehead atoms. The lowest BCUT2D eigenvalue weighted by Crippen LogP contribution is -2.41. The second-order valence-corrected chi connectivity index (χ2v) is 11.4. The topological polar surface area (TPSA) is 113 Å². The Kier molecular flexibility index (Phi) is 7.78. The number of rotatable bonds is 8. The molecule has 0 aromatic heterocycles. The Bertz CT molecular complexity index is 1160. The first kappa shape index (κ1) is 24.5. The molecule has 1 heterocycles. The van der Waals surface area contributed by atoms with Gasteiger partial charge in [0.05, 0.1) is 30.1 Å². The van der Waals surface area contributed by atoms with E-state index in [4.69, 9.17) is 16.3 Å². The largest absolute Gasteiger partial charge is 0.379 e. The Morgan fingerprint density at radius 1 is 1.06 bits per heavy atom. The summed E-state index contributed by atoms with van der Waals surface area (Å²) in [5.74, 6) is -0.527. The number of ether oxygens (including phenoxy) is 1. The minimum Gasteiger partial charge on any atom is -0.379 e. The van der Waals surface area contributed by atoms with Crippen molar-refractivity contribution in [1.29, 1.82) is 0 Å². The molecule has 174 valence electrons. The van der Waals surface area contributed by atoms with Crippen molar-refractivity contribution in [3.8, 4) is 0 Å². The van der Waals surface area contributed by atoms with Crippen molar-refractivity contribution in [3.63, 3.8) is 0 Å². The van der Waals surface area contributed by atoms with Crippen LogP contribution < -0.4 is 9.62 Å². The van der Waals surface area contributed by atoms with Crippen molar-refractivity contribution in [2.75, 3.05) is 43.4 Å². The van der Waals surface area contributed by atoms with Gasteiger partial charge in [0.15, 0.2) is 0 Å². The number of morpholine rings is 1. The van der Waals surface area contributed by atoms with Crippen molar-refractivity contribution in [1.82, 2.24) is 9.62 Å². The minimum atomic E-state index is -3.80. The van der Waals surface area contributed by atoms with Gasteiger partial charge in [-0.25, -0.2) is 16.8 Å². The molecule has 2 aromatic rings. The van der Waals surface area contributed by atoms with Crippen molar-refractivity contribution in [2.24, 2.45) is 0 Å². The summed E-state index contributed by atoms with van der Waals surface area (Å²) in [7, 11) is -7.52. The van der Waals surface area contributed by atoms with Crippen molar-refractivity contribution in [2.45, 2.75) is 11.4 Å². The number of hydrogen-bond acceptors (Lipinski definition) is 6. The van der Waals surface area contributed by atoms with Gasteiger partial charge in [0.25, 0.3) is 0 Å². The third kappa shape index (κ3) is 5.99. The molecule has 0 radical (unpaired) electrons. The summed E-state index contributed by atoms with van der Waals surface area (Å²) >= 11 is 6.07. The number of carbonyl (C=O) groups is 1. The standard InChI is InChI=1S/C20H24ClN3O6S2/c1-31(26,27)24(15-20(25)22-14-16-4-2-3-5-19(16)21)17-6-8-18(9-7-17)32(28,29)23-10-12-30-13-11-23/h2-9H,10-15H2,1H3,(H,22,25). The lowest BCUT2D eigenvalue weighted by molar-refractivity contribution is -0.119. The molecule has 1 fully saturated rings. The summed E-state index contributed by atoms with van der Waals surface area (Å²) in [5, 5.41) is 3.14. The van der Waals surface area contributed by atoms with Crippen LogP contribution >= 0.6 is 11.6 Å². The molecular formula is C20H24ClN3O6S2. The number of sulfonamides is 2. The van der Waals surface area contributed by atoms with Crippen LogP contribution in [0.4, 0.5) is 5.69 Å². The van der Waals surface area contributed by atoms with Gasteiger partial charge in [0, 0.05) is 24.7 Å². The van der Waals surface area contributed by atoms with Gasteiger partial charge in [-0.3, -0.25) is 9.10 Å². The maximum absolute atomic E-state index is 12.8. The molecule has 2 aromatic carbocycles. The predicted octanol–water partition coefficient (Wildman–Crippen LogP) is 1.44. The SMILES string of the molecule is CS(=O)(=O)N(CC(=O)NCc1ccccc1Cl)c1ccc(S(=O)(=O)N2CCOCC2)cc1. The van der Waals surface area contributed by atoms with Crippen molar-refractivity contribution < 1.29 is 26.4 Å². The van der Waals surface area contributed by atoms with Gasteiger partial charge in [-0.2, -0.15) is 4.31 Å². The van der Waals surface area contributed by atoms with Crippen molar-refractivity contribution in [3.05, 3.63) is 59.1 Å². The fourth-order valence-corrected chi connectivity index (χ4v) is 5.61. The van der Waals surface area contributed by atoms with E-state index < -0.39 is 32.5 Å². The summed E-state index contributed by atoms with van der Waals surface area (Å²) in [6, 6.07) is 12.4. The highest BCUT2D eigenvalue weighted by molar-refractivity contribution is 7.92. The lowest BCUT2D eigenvalue weighted by atomic mass is 10.2. The van der Waals surface area contributed by atoms with Crippen LogP contribution in [0.25, 0.3) is 0 Å². The summed E-state index contributed by atoms with van der Waals surface area (Å²) in [5.41, 5.74) is 0.882. The molecule has 1 aliphatic heterocycles. The summed E-state index contributed by atoms with van der Waals surface area (Å²) in [6.07, 6.45) is 0.979. The van der Waals surface area contributed by atoms with Gasteiger partial charge >= 0.3 is 0 Å². The molecule has 3 rings (SSSR count). The molecule has 1 amide bonds. The first-order valence-electron chi connectivity index (χ1n) is 9.75. The number of anilines is 1. The zero-order chi connectivity index (χ0) is 23.4. The molecular weight excluding hydrogens is 478 g/mol. The fourth-order valence-electron chi connectivity index (χ4n) is 3.14. The second-order valence-electron chi connectivity index (χ2n) is 7.15. The van der Waals surface area contributed by atoms with E-state index in [-0.39, 0.29) is 30.2 Å². The van der Waals surface area contributed by atoms with E-state index in [2.05, 4.69) is 5.32 Å². The molecule has 0 unspecified atom stereocenters. The maximum Gasteiger partial charge on any atom is 0.243 e. The molecule has 1 saturated heterocycles. The normalized spacial score (nSPS) is 15.3. The number of nitrogens with one attached hydrogen (secondary N) is 1. The van der Waals surface area contributed by atoms with Crippen LogP contribution in [0.1, 0.15) is 5.56 Å². The number of carbonyl (C=O) groups excluding carboxylic acids is 1. The summed E-state index contributed by atoms with van der Waals surface area (Å²) in [4.78, 5) is 12.5. The number of halogens is 1. The minimum absolute atomic E-state index is 0.0415. The molecule has 1 N–H and O–H groups in total. The monoisotopic (exact) mass is 501 g/mol. The zero-order valence-electron chi connectivity index (χ0n) is 17.4. The van der Waals surface area contributed by atoms with E-state index in [1.54, 1.807) is 24.3 Å². The molecule has 0 saturated carbocycles. The Morgan fingerprint density at radius 2 is 1.69 bits per heavy atom. The third-order valence-electron chi connectivity index (χ3n) is 4.85. The van der Waals surface area contributed by atoms with Gasteiger partial charge in [0.2, 0.25) is 26.0 Å². The van der Waals surface area contributed by atoms with E-state index in [9.17, 15) is 21.6 Å². The van der Waals surface area contributed by atoms with Crippen LogP contribution in [0.5, 0.6) is 0 Å². The average Bonchev–Trinajstić information content (AvgIpc) is 2.77. The first-order chi connectivity index (χ1) is 15.1. The van der Waals surface area contributed by atoms with Gasteiger partial charge in [-0.15, -0.1) is 0 Å². The third-order valence-corrected chi connectivity index (χ3v) is 8.28. The number of benzene rings is 2. The molecule has 32 heavy (non-hydrogen) atoms. The fraction of sp³-hybridized carbons (Fsp3) is 0.350. The zero-order valence-corrected chi connectivity index (χ0v) is 19.8. The van der Waals surface area contributed by atoms with Crippen LogP contribution in [0.15, 0.2) is 53.4 Å². The lowest BCUT2D eigenvalue weighted by Gasteiger charge is -2.26. The Balaban J connectivity index is 1.73. The van der Waals surface area contributed by atoms with Crippen molar-refractivity contribution >= 4 is 43.2 Å².